The molecule has 25 heavy (non-hydrogen) atoms. The number of hydrogen-bond donors (Lipinski definition) is 2. The highest BCUT2D eigenvalue weighted by molar-refractivity contribution is 5.86. The molecule has 0 bridgehead atoms. The second kappa shape index (κ2) is 9.32. The number of rotatable bonds is 8. The second-order valence-electron chi connectivity index (χ2n) is 5.44. The van der Waals surface area contributed by atoms with Crippen LogP contribution >= 0.6 is 0 Å². The Labute approximate surface area is 147 Å². The van der Waals surface area contributed by atoms with Crippen molar-refractivity contribution < 1.29 is 14.3 Å². The van der Waals surface area contributed by atoms with Crippen LogP contribution in [0.4, 0.5) is 5.69 Å². The number of carbonyl (C=O) groups excluding carboxylic acids is 1. The molecular formula is C19H23N3O3. The van der Waals surface area contributed by atoms with Crippen molar-refractivity contribution in [3.8, 4) is 11.5 Å². The van der Waals surface area contributed by atoms with Gasteiger partial charge < -0.3 is 15.2 Å². The molecule has 0 unspecified atom stereocenters. The predicted octanol–water partition coefficient (Wildman–Crippen LogP) is 2.76. The Morgan fingerprint density at radius 2 is 2.00 bits per heavy atom. The van der Waals surface area contributed by atoms with E-state index < -0.39 is 0 Å². The highest BCUT2D eigenvalue weighted by Gasteiger charge is 2.09. The van der Waals surface area contributed by atoms with Gasteiger partial charge in [0.2, 0.25) is 5.91 Å². The van der Waals surface area contributed by atoms with Gasteiger partial charge in [-0.05, 0) is 36.2 Å². The number of amides is 1. The van der Waals surface area contributed by atoms with E-state index in [4.69, 9.17) is 15.2 Å². The van der Waals surface area contributed by atoms with Crippen LogP contribution in [0.25, 0.3) is 0 Å². The van der Waals surface area contributed by atoms with Gasteiger partial charge >= 0.3 is 0 Å². The quantitative estimate of drug-likeness (QED) is 0.439. The first kappa shape index (κ1) is 18.3. The molecule has 132 valence electrons. The fourth-order valence-corrected chi connectivity index (χ4v) is 2.19. The Morgan fingerprint density at radius 1 is 1.24 bits per heavy atom. The Kier molecular flexibility index (Phi) is 6.83. The lowest BCUT2D eigenvalue weighted by Gasteiger charge is -2.12. The molecule has 0 radical (unpaired) electrons. The van der Waals surface area contributed by atoms with Gasteiger partial charge in [-0.15, -0.1) is 0 Å². The van der Waals surface area contributed by atoms with Gasteiger partial charge in [0, 0.05) is 11.3 Å². The number of methoxy groups -OCH3 is 1. The van der Waals surface area contributed by atoms with Gasteiger partial charge in [-0.3, -0.25) is 4.79 Å². The van der Waals surface area contributed by atoms with Crippen molar-refractivity contribution in [3.05, 3.63) is 53.6 Å². The Hall–Kier alpha value is -3.02. The van der Waals surface area contributed by atoms with E-state index in [0.29, 0.717) is 23.8 Å². The molecule has 0 aliphatic carbocycles. The lowest BCUT2D eigenvalue weighted by Crippen LogP contribution is -2.19. The van der Waals surface area contributed by atoms with Crippen LogP contribution in [-0.2, 0) is 11.2 Å². The number of para-hydroxylation sites is 1. The molecular weight excluding hydrogens is 318 g/mol. The largest absolute Gasteiger partial charge is 0.493 e. The summed E-state index contributed by atoms with van der Waals surface area (Å²) in [6.07, 6.45) is 2.66. The summed E-state index contributed by atoms with van der Waals surface area (Å²) in [6.45, 7) is 2.60. The van der Waals surface area contributed by atoms with Gasteiger partial charge in [-0.2, -0.15) is 5.10 Å². The van der Waals surface area contributed by atoms with E-state index in [-0.39, 0.29) is 12.3 Å². The summed E-state index contributed by atoms with van der Waals surface area (Å²) in [5.74, 6) is 1.04. The zero-order valence-corrected chi connectivity index (χ0v) is 14.5. The molecule has 2 aromatic rings. The number of nitrogens with two attached hydrogens (primary N) is 1. The maximum atomic E-state index is 12.0. The number of nitrogens with one attached hydrogen (secondary N) is 1. The van der Waals surface area contributed by atoms with E-state index in [1.165, 1.54) is 0 Å². The number of ether oxygens (including phenoxy) is 2. The molecule has 0 saturated heterocycles. The van der Waals surface area contributed by atoms with Crippen LogP contribution in [0.1, 0.15) is 24.5 Å². The lowest BCUT2D eigenvalue weighted by molar-refractivity contribution is -0.120. The average Bonchev–Trinajstić information content (AvgIpc) is 2.62. The summed E-state index contributed by atoms with van der Waals surface area (Å²) in [4.78, 5) is 12.0. The molecule has 0 aliphatic rings. The molecule has 2 rings (SSSR count). The van der Waals surface area contributed by atoms with E-state index in [1.54, 1.807) is 25.5 Å². The third-order valence-corrected chi connectivity index (χ3v) is 3.42. The minimum absolute atomic E-state index is 0.208. The van der Waals surface area contributed by atoms with Crippen molar-refractivity contribution >= 4 is 17.8 Å². The van der Waals surface area contributed by atoms with Crippen molar-refractivity contribution in [2.45, 2.75) is 19.8 Å². The maximum absolute atomic E-state index is 12.0. The average molecular weight is 341 g/mol. The third-order valence-electron chi connectivity index (χ3n) is 3.42. The Morgan fingerprint density at radius 3 is 2.68 bits per heavy atom. The number of hydrazone groups is 1. The summed E-state index contributed by atoms with van der Waals surface area (Å²) in [7, 11) is 1.59. The zero-order valence-electron chi connectivity index (χ0n) is 14.5. The number of anilines is 1. The standard InChI is InChI=1S/C19H23N3O3/c1-3-11-25-19-15(5-4-6-17(19)24-2)13-21-22-18(23)12-14-7-9-16(20)10-8-14/h4-10,13H,3,11-12,20H2,1-2H3,(H,22,23)/b21-13-. The third kappa shape index (κ3) is 5.53. The fraction of sp³-hybridized carbons (Fsp3) is 0.263. The molecule has 3 N–H and O–H groups in total. The highest BCUT2D eigenvalue weighted by atomic mass is 16.5. The van der Waals surface area contributed by atoms with E-state index in [1.807, 2.05) is 37.3 Å². The normalized spacial score (nSPS) is 10.6. The van der Waals surface area contributed by atoms with E-state index in [9.17, 15) is 4.79 Å². The Balaban J connectivity index is 2.01. The lowest BCUT2D eigenvalue weighted by atomic mass is 10.1. The molecule has 0 aliphatic heterocycles. The van der Waals surface area contributed by atoms with Crippen LogP contribution in [0.5, 0.6) is 11.5 Å². The van der Waals surface area contributed by atoms with Gasteiger partial charge in [-0.1, -0.05) is 25.1 Å². The maximum Gasteiger partial charge on any atom is 0.244 e. The molecule has 0 spiro atoms. The van der Waals surface area contributed by atoms with Gasteiger partial charge in [0.1, 0.15) is 0 Å². The molecule has 1 amide bonds. The van der Waals surface area contributed by atoms with Crippen LogP contribution in [0.3, 0.4) is 0 Å². The fourth-order valence-electron chi connectivity index (χ4n) is 2.19. The predicted molar refractivity (Wildman–Crippen MR) is 99.1 cm³/mol. The second-order valence-corrected chi connectivity index (χ2v) is 5.44. The molecule has 0 atom stereocenters. The van der Waals surface area contributed by atoms with Crippen LogP contribution in [0, 0.1) is 0 Å². The van der Waals surface area contributed by atoms with E-state index in [0.717, 1.165) is 17.5 Å². The van der Waals surface area contributed by atoms with Crippen LogP contribution < -0.4 is 20.6 Å². The number of hydrogen-bond acceptors (Lipinski definition) is 5. The van der Waals surface area contributed by atoms with Gasteiger partial charge in [0.15, 0.2) is 11.5 Å². The van der Waals surface area contributed by atoms with Crippen molar-refractivity contribution in [3.63, 3.8) is 0 Å². The SMILES string of the molecule is CCCOc1c(/C=N\NC(=O)Cc2ccc(N)cc2)cccc1OC. The first-order chi connectivity index (χ1) is 12.1. The highest BCUT2D eigenvalue weighted by Crippen LogP contribution is 2.30. The summed E-state index contributed by atoms with van der Waals surface area (Å²) in [6, 6.07) is 12.7. The molecule has 0 aromatic heterocycles. The molecule has 6 heteroatoms. The van der Waals surface area contributed by atoms with E-state index >= 15 is 0 Å². The molecule has 0 saturated carbocycles. The van der Waals surface area contributed by atoms with Gasteiger partial charge in [-0.25, -0.2) is 5.43 Å². The van der Waals surface area contributed by atoms with Crippen molar-refractivity contribution in [1.82, 2.24) is 5.43 Å². The van der Waals surface area contributed by atoms with Crippen molar-refractivity contribution in [2.24, 2.45) is 5.10 Å². The van der Waals surface area contributed by atoms with Gasteiger partial charge in [0.25, 0.3) is 0 Å². The zero-order chi connectivity index (χ0) is 18.1. The Bertz CT molecular complexity index is 727. The molecule has 2 aromatic carbocycles. The van der Waals surface area contributed by atoms with Crippen molar-refractivity contribution in [1.29, 1.82) is 0 Å². The molecule has 0 fully saturated rings. The summed E-state index contributed by atoms with van der Waals surface area (Å²) in [5, 5.41) is 4.01. The first-order valence-electron chi connectivity index (χ1n) is 8.10. The molecule has 6 nitrogen and oxygen atoms in total. The van der Waals surface area contributed by atoms with E-state index in [2.05, 4.69) is 10.5 Å². The minimum atomic E-state index is -0.208. The van der Waals surface area contributed by atoms with Gasteiger partial charge in [0.05, 0.1) is 26.4 Å². The monoisotopic (exact) mass is 341 g/mol. The number of nitrogens with zero attached hydrogens (tertiary/aromatic N) is 1. The summed E-state index contributed by atoms with van der Waals surface area (Å²) < 4.78 is 11.0. The van der Waals surface area contributed by atoms with Crippen LogP contribution in [0.2, 0.25) is 0 Å². The van der Waals surface area contributed by atoms with Crippen LogP contribution in [-0.4, -0.2) is 25.8 Å². The smallest absolute Gasteiger partial charge is 0.244 e. The first-order valence-corrected chi connectivity index (χ1v) is 8.10. The number of nitrogen functional groups attached to an aromatic ring is 1. The minimum Gasteiger partial charge on any atom is -0.493 e. The number of benzene rings is 2. The summed E-state index contributed by atoms with van der Waals surface area (Å²) >= 11 is 0. The molecule has 0 heterocycles. The number of carbonyl (C=O) groups is 1. The van der Waals surface area contributed by atoms with Crippen molar-refractivity contribution in [2.75, 3.05) is 19.5 Å². The summed E-state index contributed by atoms with van der Waals surface area (Å²) in [5.41, 5.74) is 10.4. The topological polar surface area (TPSA) is 85.9 Å². The van der Waals surface area contributed by atoms with Crippen LogP contribution in [0.15, 0.2) is 47.6 Å².